The fraction of sp³-hybridized carbons (Fsp3) is 0.462. The van der Waals surface area contributed by atoms with Gasteiger partial charge in [0.2, 0.25) is 5.89 Å². The van der Waals surface area contributed by atoms with Gasteiger partial charge in [0.05, 0.1) is 12.3 Å². The number of nitrogens with zero attached hydrogens (tertiary/aromatic N) is 3. The molecular formula is C13H16N4O. The number of aromatic nitrogens is 3. The van der Waals surface area contributed by atoms with Crippen molar-refractivity contribution in [2.45, 2.75) is 25.2 Å². The van der Waals surface area contributed by atoms with Crippen molar-refractivity contribution in [1.82, 2.24) is 20.4 Å². The highest BCUT2D eigenvalue weighted by Crippen LogP contribution is 2.21. The fourth-order valence-electron chi connectivity index (χ4n) is 2.23. The van der Waals surface area contributed by atoms with Gasteiger partial charge in [-0.25, -0.2) is 0 Å². The maximum absolute atomic E-state index is 5.35. The monoisotopic (exact) mass is 244 g/mol. The molecule has 0 aromatic carbocycles. The van der Waals surface area contributed by atoms with E-state index in [4.69, 9.17) is 4.52 Å². The van der Waals surface area contributed by atoms with Gasteiger partial charge in [0.1, 0.15) is 0 Å². The minimum absolute atomic E-state index is 0.365. The summed E-state index contributed by atoms with van der Waals surface area (Å²) in [4.78, 5) is 8.73. The Morgan fingerprint density at radius 3 is 3.17 bits per heavy atom. The Kier molecular flexibility index (Phi) is 3.32. The van der Waals surface area contributed by atoms with E-state index in [1.54, 1.807) is 6.20 Å². The third-order valence-corrected chi connectivity index (χ3v) is 3.20. The minimum atomic E-state index is 0.365. The number of hydrogen-bond donors (Lipinski definition) is 1. The molecule has 1 fully saturated rings. The molecule has 5 heteroatoms. The van der Waals surface area contributed by atoms with Crippen LogP contribution in [0.5, 0.6) is 0 Å². The Bertz CT molecular complexity index is 491. The fourth-order valence-corrected chi connectivity index (χ4v) is 2.23. The summed E-state index contributed by atoms with van der Waals surface area (Å²) < 4.78 is 5.35. The summed E-state index contributed by atoms with van der Waals surface area (Å²) in [5.41, 5.74) is 0.964. The number of nitrogens with one attached hydrogen (secondary N) is 1. The van der Waals surface area contributed by atoms with Gasteiger partial charge < -0.3 is 9.84 Å². The first-order valence-corrected chi connectivity index (χ1v) is 6.35. The highest BCUT2D eigenvalue weighted by Gasteiger charge is 2.21. The molecular weight excluding hydrogens is 228 g/mol. The van der Waals surface area contributed by atoms with Crippen molar-refractivity contribution in [2.24, 2.45) is 0 Å². The van der Waals surface area contributed by atoms with Crippen LogP contribution in [0.2, 0.25) is 0 Å². The lowest BCUT2D eigenvalue weighted by atomic mass is 10.00. The molecule has 2 aromatic heterocycles. The summed E-state index contributed by atoms with van der Waals surface area (Å²) in [6.07, 6.45) is 4.70. The van der Waals surface area contributed by atoms with Gasteiger partial charge in [-0.2, -0.15) is 4.98 Å². The number of pyridine rings is 1. The lowest BCUT2D eigenvalue weighted by Crippen LogP contribution is -2.28. The van der Waals surface area contributed by atoms with Crippen LogP contribution in [0.1, 0.15) is 36.2 Å². The molecule has 0 amide bonds. The third kappa shape index (κ3) is 2.56. The maximum atomic E-state index is 5.35. The zero-order valence-electron chi connectivity index (χ0n) is 10.2. The van der Waals surface area contributed by atoms with Crippen LogP contribution in [0.4, 0.5) is 0 Å². The summed E-state index contributed by atoms with van der Waals surface area (Å²) in [6.45, 7) is 2.02. The van der Waals surface area contributed by atoms with Gasteiger partial charge in [-0.15, -0.1) is 0 Å². The van der Waals surface area contributed by atoms with E-state index >= 15 is 0 Å². The molecule has 1 aliphatic heterocycles. The molecule has 2 aromatic rings. The van der Waals surface area contributed by atoms with Crippen molar-refractivity contribution >= 4 is 0 Å². The summed E-state index contributed by atoms with van der Waals surface area (Å²) >= 11 is 0. The molecule has 0 radical (unpaired) electrons. The standard InChI is InChI=1S/C13H16N4O/c1-2-7-15-11(5-1)8-12-16-13(18-17-12)10-4-3-6-14-9-10/h1-2,5,7,10,14H,3-4,6,8-9H2/t10-/m0/s1. The summed E-state index contributed by atoms with van der Waals surface area (Å²) in [5, 5.41) is 7.38. The van der Waals surface area contributed by atoms with Gasteiger partial charge in [0.25, 0.3) is 0 Å². The molecule has 1 saturated heterocycles. The first-order valence-electron chi connectivity index (χ1n) is 6.35. The van der Waals surface area contributed by atoms with Crippen LogP contribution >= 0.6 is 0 Å². The van der Waals surface area contributed by atoms with Crippen LogP contribution in [0.15, 0.2) is 28.9 Å². The van der Waals surface area contributed by atoms with Gasteiger partial charge >= 0.3 is 0 Å². The Hall–Kier alpha value is -1.75. The quantitative estimate of drug-likeness (QED) is 0.887. The van der Waals surface area contributed by atoms with Crippen molar-refractivity contribution in [3.63, 3.8) is 0 Å². The van der Waals surface area contributed by atoms with E-state index in [0.29, 0.717) is 18.2 Å². The van der Waals surface area contributed by atoms with Crippen molar-refractivity contribution in [1.29, 1.82) is 0 Å². The molecule has 0 unspecified atom stereocenters. The molecule has 1 N–H and O–H groups in total. The average Bonchev–Trinajstić information content (AvgIpc) is 2.89. The summed E-state index contributed by atoms with van der Waals surface area (Å²) in [6, 6.07) is 5.84. The molecule has 0 bridgehead atoms. The normalized spacial score (nSPS) is 19.9. The predicted octanol–water partition coefficient (Wildman–Crippen LogP) is 1.52. The molecule has 94 valence electrons. The Morgan fingerprint density at radius 1 is 1.39 bits per heavy atom. The second-order valence-corrected chi connectivity index (χ2v) is 4.59. The largest absolute Gasteiger partial charge is 0.339 e. The Morgan fingerprint density at radius 2 is 2.39 bits per heavy atom. The van der Waals surface area contributed by atoms with E-state index in [1.165, 1.54) is 6.42 Å². The van der Waals surface area contributed by atoms with Gasteiger partial charge in [0, 0.05) is 18.4 Å². The molecule has 0 aliphatic carbocycles. The highest BCUT2D eigenvalue weighted by molar-refractivity contribution is 5.09. The molecule has 3 rings (SSSR count). The molecule has 18 heavy (non-hydrogen) atoms. The zero-order chi connectivity index (χ0) is 12.2. The van der Waals surface area contributed by atoms with E-state index in [0.717, 1.165) is 31.1 Å². The predicted molar refractivity (Wildman–Crippen MR) is 66.2 cm³/mol. The minimum Gasteiger partial charge on any atom is -0.339 e. The van der Waals surface area contributed by atoms with Crippen molar-refractivity contribution < 1.29 is 4.52 Å². The topological polar surface area (TPSA) is 63.8 Å². The van der Waals surface area contributed by atoms with E-state index < -0.39 is 0 Å². The SMILES string of the molecule is c1ccc(Cc2noc([C@H]3CCCNC3)n2)nc1. The van der Waals surface area contributed by atoms with Crippen LogP contribution in [0.3, 0.4) is 0 Å². The third-order valence-electron chi connectivity index (χ3n) is 3.20. The van der Waals surface area contributed by atoms with E-state index in [-0.39, 0.29) is 0 Å². The van der Waals surface area contributed by atoms with Crippen LogP contribution in [0.25, 0.3) is 0 Å². The molecule has 3 heterocycles. The highest BCUT2D eigenvalue weighted by atomic mass is 16.5. The van der Waals surface area contributed by atoms with Crippen LogP contribution in [-0.4, -0.2) is 28.2 Å². The second kappa shape index (κ2) is 5.27. The lowest BCUT2D eigenvalue weighted by molar-refractivity contribution is 0.320. The van der Waals surface area contributed by atoms with Gasteiger partial charge in [0.15, 0.2) is 5.82 Å². The molecule has 5 nitrogen and oxygen atoms in total. The van der Waals surface area contributed by atoms with E-state index in [1.807, 2.05) is 18.2 Å². The lowest BCUT2D eigenvalue weighted by Gasteiger charge is -2.18. The summed E-state index contributed by atoms with van der Waals surface area (Å²) in [7, 11) is 0. The van der Waals surface area contributed by atoms with Crippen molar-refractivity contribution in [3.8, 4) is 0 Å². The Balaban J connectivity index is 1.69. The van der Waals surface area contributed by atoms with E-state index in [9.17, 15) is 0 Å². The summed E-state index contributed by atoms with van der Waals surface area (Å²) in [5.74, 6) is 1.84. The maximum Gasteiger partial charge on any atom is 0.231 e. The molecule has 0 spiro atoms. The second-order valence-electron chi connectivity index (χ2n) is 4.59. The number of piperidine rings is 1. The number of hydrogen-bond acceptors (Lipinski definition) is 5. The average molecular weight is 244 g/mol. The Labute approximate surface area is 106 Å². The van der Waals surface area contributed by atoms with Crippen LogP contribution in [-0.2, 0) is 6.42 Å². The molecule has 0 saturated carbocycles. The van der Waals surface area contributed by atoms with Crippen LogP contribution in [0, 0.1) is 0 Å². The zero-order valence-corrected chi connectivity index (χ0v) is 10.2. The molecule has 1 aliphatic rings. The van der Waals surface area contributed by atoms with Gasteiger partial charge in [-0.3, -0.25) is 4.98 Å². The first-order chi connectivity index (χ1) is 8.92. The van der Waals surface area contributed by atoms with Crippen molar-refractivity contribution in [2.75, 3.05) is 13.1 Å². The first kappa shape index (κ1) is 11.3. The number of rotatable bonds is 3. The molecule has 1 atom stereocenters. The van der Waals surface area contributed by atoms with Gasteiger partial charge in [-0.05, 0) is 31.5 Å². The van der Waals surface area contributed by atoms with Crippen LogP contribution < -0.4 is 5.32 Å². The van der Waals surface area contributed by atoms with E-state index in [2.05, 4.69) is 20.4 Å². The van der Waals surface area contributed by atoms with Crippen molar-refractivity contribution in [3.05, 3.63) is 41.8 Å². The van der Waals surface area contributed by atoms with Gasteiger partial charge in [-0.1, -0.05) is 11.2 Å². The smallest absolute Gasteiger partial charge is 0.231 e.